The van der Waals surface area contributed by atoms with E-state index in [0.717, 1.165) is 31.7 Å². The number of nitrogens with one attached hydrogen (secondary N) is 1. The molecule has 3 nitrogen and oxygen atoms in total. The second kappa shape index (κ2) is 5.68. The minimum atomic E-state index is 0.311. The summed E-state index contributed by atoms with van der Waals surface area (Å²) < 4.78 is 5.50. The third kappa shape index (κ3) is 3.21. The zero-order valence-corrected chi connectivity index (χ0v) is 11.7. The number of hydrogen-bond acceptors (Lipinski definition) is 3. The molecule has 2 fully saturated rings. The molecule has 17 heavy (non-hydrogen) atoms. The molecule has 2 saturated heterocycles. The summed E-state index contributed by atoms with van der Waals surface area (Å²) in [6.07, 6.45) is 3.71. The molecule has 2 aliphatic heterocycles. The molecule has 2 rings (SSSR count). The van der Waals surface area contributed by atoms with E-state index in [1.165, 1.54) is 32.4 Å². The monoisotopic (exact) mass is 240 g/mol. The van der Waals surface area contributed by atoms with Gasteiger partial charge in [0.25, 0.3) is 0 Å². The van der Waals surface area contributed by atoms with Crippen LogP contribution in [0.1, 0.15) is 40.0 Å². The minimum absolute atomic E-state index is 0.311. The molecule has 3 unspecified atom stereocenters. The van der Waals surface area contributed by atoms with Gasteiger partial charge in [-0.05, 0) is 32.1 Å². The summed E-state index contributed by atoms with van der Waals surface area (Å²) in [5, 5.41) is 3.73. The SMILES string of the molecule is CCC1CNC(C)(CC)CN1CC1CCOC1. The summed E-state index contributed by atoms with van der Waals surface area (Å²) >= 11 is 0. The average Bonchev–Trinajstić information content (AvgIpc) is 2.82. The molecule has 0 spiro atoms. The molecule has 0 aromatic rings. The van der Waals surface area contributed by atoms with Gasteiger partial charge in [-0.15, -0.1) is 0 Å². The topological polar surface area (TPSA) is 24.5 Å². The fourth-order valence-electron chi connectivity index (χ4n) is 3.04. The van der Waals surface area contributed by atoms with Crippen molar-refractivity contribution < 1.29 is 4.74 Å². The van der Waals surface area contributed by atoms with E-state index >= 15 is 0 Å². The van der Waals surface area contributed by atoms with Crippen molar-refractivity contribution in [3.05, 3.63) is 0 Å². The van der Waals surface area contributed by atoms with Gasteiger partial charge >= 0.3 is 0 Å². The lowest BCUT2D eigenvalue weighted by Gasteiger charge is -2.46. The first-order chi connectivity index (χ1) is 8.17. The first kappa shape index (κ1) is 13.3. The third-order valence-corrected chi connectivity index (χ3v) is 4.60. The van der Waals surface area contributed by atoms with Crippen LogP contribution in [0.4, 0.5) is 0 Å². The second-order valence-electron chi connectivity index (χ2n) is 6.02. The summed E-state index contributed by atoms with van der Waals surface area (Å²) in [5.74, 6) is 0.767. The molecule has 0 saturated carbocycles. The maximum atomic E-state index is 5.50. The Morgan fingerprint density at radius 3 is 2.82 bits per heavy atom. The number of hydrogen-bond donors (Lipinski definition) is 1. The Morgan fingerprint density at radius 1 is 1.41 bits per heavy atom. The molecule has 0 aromatic heterocycles. The summed E-state index contributed by atoms with van der Waals surface area (Å²) in [4.78, 5) is 2.71. The van der Waals surface area contributed by atoms with Crippen molar-refractivity contribution in [1.29, 1.82) is 0 Å². The van der Waals surface area contributed by atoms with Gasteiger partial charge in [-0.3, -0.25) is 4.90 Å². The largest absolute Gasteiger partial charge is 0.381 e. The fourth-order valence-corrected chi connectivity index (χ4v) is 3.04. The van der Waals surface area contributed by atoms with E-state index in [1.54, 1.807) is 0 Å². The molecule has 2 aliphatic rings. The van der Waals surface area contributed by atoms with Gasteiger partial charge in [0.1, 0.15) is 0 Å². The highest BCUT2D eigenvalue weighted by Crippen LogP contribution is 2.23. The summed E-state index contributed by atoms with van der Waals surface area (Å²) in [6, 6.07) is 0.718. The van der Waals surface area contributed by atoms with Gasteiger partial charge < -0.3 is 10.1 Å². The highest BCUT2D eigenvalue weighted by atomic mass is 16.5. The van der Waals surface area contributed by atoms with Gasteiger partial charge in [0.15, 0.2) is 0 Å². The Balaban J connectivity index is 1.94. The maximum absolute atomic E-state index is 5.50. The van der Waals surface area contributed by atoms with E-state index in [0.29, 0.717) is 5.54 Å². The van der Waals surface area contributed by atoms with Crippen molar-refractivity contribution in [3.8, 4) is 0 Å². The van der Waals surface area contributed by atoms with Crippen LogP contribution >= 0.6 is 0 Å². The van der Waals surface area contributed by atoms with Crippen LogP contribution in [-0.2, 0) is 4.74 Å². The van der Waals surface area contributed by atoms with Gasteiger partial charge in [-0.1, -0.05) is 13.8 Å². The quantitative estimate of drug-likeness (QED) is 0.812. The van der Waals surface area contributed by atoms with Gasteiger partial charge in [-0.25, -0.2) is 0 Å². The van der Waals surface area contributed by atoms with Crippen LogP contribution in [-0.4, -0.2) is 49.3 Å². The number of ether oxygens (including phenoxy) is 1. The zero-order valence-electron chi connectivity index (χ0n) is 11.7. The second-order valence-corrected chi connectivity index (χ2v) is 6.02. The molecule has 0 radical (unpaired) electrons. The van der Waals surface area contributed by atoms with Crippen molar-refractivity contribution in [2.45, 2.75) is 51.6 Å². The average molecular weight is 240 g/mol. The van der Waals surface area contributed by atoms with Crippen molar-refractivity contribution >= 4 is 0 Å². The number of rotatable bonds is 4. The molecular formula is C14H28N2O. The Labute approximate surface area is 106 Å². The summed E-state index contributed by atoms with van der Waals surface area (Å²) in [7, 11) is 0. The van der Waals surface area contributed by atoms with Crippen molar-refractivity contribution in [1.82, 2.24) is 10.2 Å². The lowest BCUT2D eigenvalue weighted by molar-refractivity contribution is 0.0642. The molecule has 0 aromatic carbocycles. The van der Waals surface area contributed by atoms with Crippen LogP contribution in [0.15, 0.2) is 0 Å². The van der Waals surface area contributed by atoms with E-state index in [-0.39, 0.29) is 0 Å². The van der Waals surface area contributed by atoms with E-state index in [1.807, 2.05) is 0 Å². The lowest BCUT2D eigenvalue weighted by atomic mass is 9.91. The van der Waals surface area contributed by atoms with Crippen LogP contribution < -0.4 is 5.32 Å². The zero-order chi connectivity index (χ0) is 12.3. The first-order valence-corrected chi connectivity index (χ1v) is 7.23. The normalized spacial score (nSPS) is 39.7. The van der Waals surface area contributed by atoms with Crippen molar-refractivity contribution in [2.24, 2.45) is 5.92 Å². The standard InChI is InChI=1S/C14H28N2O/c1-4-13-8-15-14(3,5-2)11-16(13)9-12-6-7-17-10-12/h12-13,15H,4-11H2,1-3H3. The highest BCUT2D eigenvalue weighted by molar-refractivity contribution is 4.94. The van der Waals surface area contributed by atoms with E-state index in [2.05, 4.69) is 31.0 Å². The van der Waals surface area contributed by atoms with E-state index in [4.69, 9.17) is 4.74 Å². The Kier molecular flexibility index (Phi) is 4.45. The number of piperazine rings is 1. The van der Waals surface area contributed by atoms with Crippen LogP contribution in [0.5, 0.6) is 0 Å². The number of nitrogens with zero attached hydrogens (tertiary/aromatic N) is 1. The first-order valence-electron chi connectivity index (χ1n) is 7.23. The van der Waals surface area contributed by atoms with Crippen molar-refractivity contribution in [2.75, 3.05) is 32.8 Å². The third-order valence-electron chi connectivity index (χ3n) is 4.60. The Bertz CT molecular complexity index is 240. The molecule has 1 N–H and O–H groups in total. The smallest absolute Gasteiger partial charge is 0.0507 e. The fraction of sp³-hybridized carbons (Fsp3) is 1.00. The molecule has 3 heteroatoms. The molecular weight excluding hydrogens is 212 g/mol. The maximum Gasteiger partial charge on any atom is 0.0507 e. The van der Waals surface area contributed by atoms with Gasteiger partial charge in [0, 0.05) is 37.8 Å². The van der Waals surface area contributed by atoms with Crippen LogP contribution in [0, 0.1) is 5.92 Å². The van der Waals surface area contributed by atoms with Crippen LogP contribution in [0.3, 0.4) is 0 Å². The Morgan fingerprint density at radius 2 is 2.24 bits per heavy atom. The molecule has 100 valence electrons. The van der Waals surface area contributed by atoms with Gasteiger partial charge in [-0.2, -0.15) is 0 Å². The summed E-state index contributed by atoms with van der Waals surface area (Å²) in [6.45, 7) is 12.5. The van der Waals surface area contributed by atoms with E-state index in [9.17, 15) is 0 Å². The van der Waals surface area contributed by atoms with E-state index < -0.39 is 0 Å². The van der Waals surface area contributed by atoms with Crippen LogP contribution in [0.25, 0.3) is 0 Å². The molecule has 0 bridgehead atoms. The predicted molar refractivity (Wildman–Crippen MR) is 71.3 cm³/mol. The van der Waals surface area contributed by atoms with Crippen molar-refractivity contribution in [3.63, 3.8) is 0 Å². The lowest BCUT2D eigenvalue weighted by Crippen LogP contribution is -2.63. The molecule has 0 amide bonds. The van der Waals surface area contributed by atoms with Gasteiger partial charge in [0.2, 0.25) is 0 Å². The molecule has 2 heterocycles. The molecule has 3 atom stereocenters. The Hall–Kier alpha value is -0.120. The van der Waals surface area contributed by atoms with Gasteiger partial charge in [0.05, 0.1) is 6.61 Å². The van der Waals surface area contributed by atoms with Crippen LogP contribution in [0.2, 0.25) is 0 Å². The molecule has 0 aliphatic carbocycles. The predicted octanol–water partition coefficient (Wildman–Crippen LogP) is 1.88. The summed E-state index contributed by atoms with van der Waals surface area (Å²) in [5.41, 5.74) is 0.311. The highest BCUT2D eigenvalue weighted by Gasteiger charge is 2.35. The minimum Gasteiger partial charge on any atom is -0.381 e.